The predicted octanol–water partition coefficient (Wildman–Crippen LogP) is 5.13. The summed E-state index contributed by atoms with van der Waals surface area (Å²) in [4.78, 5) is 10.6. The second-order valence-electron chi connectivity index (χ2n) is 10.2. The number of amidine groups is 2. The zero-order valence-corrected chi connectivity index (χ0v) is 25.9. The van der Waals surface area contributed by atoms with Crippen molar-refractivity contribution in [2.75, 3.05) is 13.1 Å². The monoisotopic (exact) mass is 573 g/mol. The van der Waals surface area contributed by atoms with E-state index in [1.165, 1.54) is 21.6 Å². The van der Waals surface area contributed by atoms with Crippen LogP contribution in [0.15, 0.2) is 55.1 Å². The molecule has 3 N–H and O–H groups in total. The van der Waals surface area contributed by atoms with Crippen LogP contribution in [0.25, 0.3) is 0 Å². The summed E-state index contributed by atoms with van der Waals surface area (Å²) in [5, 5.41) is 18.2. The molecule has 3 heterocycles. The minimum Gasteiger partial charge on any atom is -0.372 e. The van der Waals surface area contributed by atoms with E-state index in [2.05, 4.69) is 59.7 Å². The molecule has 2 aliphatic heterocycles. The molecule has 39 heavy (non-hydrogen) atoms. The van der Waals surface area contributed by atoms with Gasteiger partial charge in [-0.3, -0.25) is 4.99 Å². The molecule has 2 atom stereocenters. The van der Waals surface area contributed by atoms with Crippen molar-refractivity contribution in [2.24, 2.45) is 9.98 Å². The zero-order chi connectivity index (χ0) is 28.7. The van der Waals surface area contributed by atoms with Crippen LogP contribution in [0.1, 0.15) is 83.2 Å². The zero-order valence-electron chi connectivity index (χ0n) is 24.3. The molecule has 0 fully saturated rings. The fraction of sp³-hybridized carbons (Fsp3) is 0.552. The Morgan fingerprint density at radius 3 is 2.72 bits per heavy atom. The van der Waals surface area contributed by atoms with Gasteiger partial charge in [-0.2, -0.15) is 4.31 Å². The van der Waals surface area contributed by atoms with E-state index in [4.69, 9.17) is 4.99 Å². The van der Waals surface area contributed by atoms with Crippen molar-refractivity contribution in [3.63, 3.8) is 0 Å². The van der Waals surface area contributed by atoms with Crippen LogP contribution in [-0.2, 0) is 16.4 Å². The van der Waals surface area contributed by atoms with E-state index in [1.54, 1.807) is 43.3 Å². The Hall–Kier alpha value is -2.49. The maximum atomic E-state index is 13.4. The van der Waals surface area contributed by atoms with E-state index in [1.807, 2.05) is 0 Å². The lowest BCUT2D eigenvalue weighted by atomic mass is 10.0. The Labute approximate surface area is 238 Å². The number of aliphatic hydroxyl groups is 1. The molecule has 0 radical (unpaired) electrons. The van der Waals surface area contributed by atoms with Gasteiger partial charge in [0.25, 0.3) is 0 Å². The summed E-state index contributed by atoms with van der Waals surface area (Å²) in [5.41, 5.74) is 8.74. The maximum absolute atomic E-state index is 13.4. The Bertz CT molecular complexity index is 1340. The van der Waals surface area contributed by atoms with Crippen LogP contribution < -0.4 is 10.6 Å². The third kappa shape index (κ3) is 8.25. The van der Waals surface area contributed by atoms with Crippen LogP contribution in [0.3, 0.4) is 0 Å². The summed E-state index contributed by atoms with van der Waals surface area (Å²) in [6.07, 6.45) is 7.26. The highest BCUT2D eigenvalue weighted by Crippen LogP contribution is 2.27. The van der Waals surface area contributed by atoms with Crippen molar-refractivity contribution in [1.29, 1.82) is 0 Å². The number of fused-ring (bicyclic) bond motifs is 1. The molecule has 2 aliphatic rings. The highest BCUT2D eigenvalue weighted by molar-refractivity contribution is 7.93. The van der Waals surface area contributed by atoms with E-state index < -0.39 is 16.3 Å². The van der Waals surface area contributed by atoms with Gasteiger partial charge in [-0.25, -0.2) is 13.4 Å². The van der Waals surface area contributed by atoms with Crippen molar-refractivity contribution in [3.05, 3.63) is 61.1 Å². The van der Waals surface area contributed by atoms with Crippen molar-refractivity contribution in [3.8, 4) is 0 Å². The molecule has 0 bridgehead atoms. The van der Waals surface area contributed by atoms with Crippen molar-refractivity contribution < 1.29 is 13.5 Å². The molecule has 0 aliphatic carbocycles. The third-order valence-electron chi connectivity index (χ3n) is 6.93. The minimum atomic E-state index is -3.63. The van der Waals surface area contributed by atoms with Crippen LogP contribution in [0.2, 0.25) is 0 Å². The summed E-state index contributed by atoms with van der Waals surface area (Å²) in [6.45, 7) is 13.8. The fourth-order valence-corrected chi connectivity index (χ4v) is 7.28. The first-order valence-electron chi connectivity index (χ1n) is 13.6. The quantitative estimate of drug-likeness (QED) is 0.173. The number of nitrogens with one attached hydrogen (secondary N) is 2. The average molecular weight is 574 g/mol. The second kappa shape index (κ2) is 13.7. The third-order valence-corrected chi connectivity index (χ3v) is 10.2. The van der Waals surface area contributed by atoms with E-state index in [0.29, 0.717) is 37.5 Å². The topological polar surface area (TPSA) is 106 Å². The lowest BCUT2D eigenvalue weighted by molar-refractivity contribution is 0.205. The molecule has 1 unspecified atom stereocenters. The first kappa shape index (κ1) is 31.0. The van der Waals surface area contributed by atoms with E-state index >= 15 is 0 Å². The van der Waals surface area contributed by atoms with Gasteiger partial charge in [-0.15, -0.1) is 17.1 Å². The molecule has 3 rings (SSSR count). The highest BCUT2D eigenvalue weighted by Gasteiger charge is 2.27. The largest absolute Gasteiger partial charge is 0.372 e. The average Bonchev–Trinajstić information content (AvgIpc) is 3.04. The molecular formula is C29H43N5O3S2. The number of thiophene rings is 1. The minimum absolute atomic E-state index is 0.0444. The van der Waals surface area contributed by atoms with Gasteiger partial charge in [-0.05, 0) is 96.2 Å². The van der Waals surface area contributed by atoms with Gasteiger partial charge in [0, 0.05) is 18.8 Å². The Morgan fingerprint density at radius 1 is 1.28 bits per heavy atom. The number of aliphatic imine (C=N–C) groups is 2. The van der Waals surface area contributed by atoms with Gasteiger partial charge in [0.15, 0.2) is 0 Å². The van der Waals surface area contributed by atoms with Crippen LogP contribution in [0.4, 0.5) is 0 Å². The molecule has 214 valence electrons. The molecule has 8 nitrogen and oxygen atoms in total. The van der Waals surface area contributed by atoms with Crippen LogP contribution in [-0.4, -0.2) is 54.9 Å². The lowest BCUT2D eigenvalue weighted by Crippen LogP contribution is -2.34. The fourth-order valence-electron chi connectivity index (χ4n) is 4.74. The number of aliphatic hydroxyl groups excluding tert-OH is 1. The number of hydrogen-bond donors (Lipinski definition) is 3. The van der Waals surface area contributed by atoms with Gasteiger partial charge in [0.05, 0.1) is 21.5 Å². The molecule has 1 aromatic rings. The maximum Gasteiger partial charge on any atom is 0.240 e. The highest BCUT2D eigenvalue weighted by atomic mass is 32.2. The van der Waals surface area contributed by atoms with Gasteiger partial charge in [-0.1, -0.05) is 18.6 Å². The Balaban J connectivity index is 1.71. The van der Waals surface area contributed by atoms with Crippen molar-refractivity contribution in [2.45, 2.75) is 92.8 Å². The van der Waals surface area contributed by atoms with Crippen molar-refractivity contribution >= 4 is 33.0 Å². The van der Waals surface area contributed by atoms with E-state index in [0.717, 1.165) is 30.8 Å². The molecule has 0 aromatic carbocycles. The van der Waals surface area contributed by atoms with Gasteiger partial charge in [0.2, 0.25) is 10.0 Å². The first-order valence-corrected chi connectivity index (χ1v) is 16.0. The van der Waals surface area contributed by atoms with Gasteiger partial charge in [0.1, 0.15) is 17.9 Å². The number of aryl methyl sites for hydroxylation is 1. The second-order valence-corrected chi connectivity index (χ2v) is 13.2. The molecular weight excluding hydrogens is 530 g/mol. The van der Waals surface area contributed by atoms with Crippen LogP contribution in [0, 0.1) is 6.92 Å². The molecule has 0 spiro atoms. The van der Waals surface area contributed by atoms with Crippen LogP contribution >= 0.6 is 11.3 Å². The molecule has 0 saturated carbocycles. The number of nitrogens with zero attached hydrogens (tertiary/aromatic N) is 3. The predicted molar refractivity (Wildman–Crippen MR) is 163 cm³/mol. The summed E-state index contributed by atoms with van der Waals surface area (Å²) in [7, 11) is -3.63. The number of sulfonamides is 1. The molecule has 0 amide bonds. The first-order chi connectivity index (χ1) is 18.4. The molecule has 0 saturated heterocycles. The summed E-state index contributed by atoms with van der Waals surface area (Å²) in [6, 6.07) is 0.0444. The normalized spacial score (nSPS) is 20.5. The number of rotatable bonds is 8. The molecule has 1 aromatic heterocycles. The Morgan fingerprint density at radius 2 is 2.03 bits per heavy atom. The van der Waals surface area contributed by atoms with Gasteiger partial charge < -0.3 is 15.7 Å². The number of allylic oxidation sites excluding steroid dienone is 3. The van der Waals surface area contributed by atoms with Crippen LogP contribution in [0.5, 0.6) is 0 Å². The summed E-state index contributed by atoms with van der Waals surface area (Å²) in [5.74, 6) is 1.37. The number of hydrogen-bond acceptors (Lipinski definition) is 6. The standard InChI is InChI=1S/C29H43N5O3S2/c1-8-26-12-9-13-27-19(2)18-38-28(27)29(33-26)30-20(3)17-25-11-10-15-34(16-14-25)39(36,37)22(5)21(4)31-23(6)32-24(7)35/h9,11,18,20,24,35H,8,10,13-17H2,1-7H3,(H,30,33)(H,31,32)/b22-21+/t12?,20-,24?/m0/s1. The van der Waals surface area contributed by atoms with Crippen molar-refractivity contribution in [1.82, 2.24) is 14.9 Å². The lowest BCUT2D eigenvalue weighted by Gasteiger charge is -2.22. The summed E-state index contributed by atoms with van der Waals surface area (Å²) < 4.78 is 28.3. The van der Waals surface area contributed by atoms with E-state index in [9.17, 15) is 13.5 Å². The summed E-state index contributed by atoms with van der Waals surface area (Å²) >= 11 is 1.73. The smallest absolute Gasteiger partial charge is 0.240 e. The Kier molecular flexibility index (Phi) is 10.9. The molecule has 10 heteroatoms. The van der Waals surface area contributed by atoms with Gasteiger partial charge >= 0.3 is 0 Å². The SMILES string of the molecule is CCC1=C=CCc2c(C)csc2C(=N[C@@H](C)CC2=CCCN(S(=O)(=O)/C(C)=C(\C)NC(C)=NC(C)O)CC2)N1. The van der Waals surface area contributed by atoms with E-state index in [-0.39, 0.29) is 10.9 Å².